The summed E-state index contributed by atoms with van der Waals surface area (Å²) in [6.07, 6.45) is 4.29. The summed E-state index contributed by atoms with van der Waals surface area (Å²) in [5, 5.41) is 13.4. The van der Waals surface area contributed by atoms with E-state index in [0.717, 1.165) is 17.7 Å². The first-order chi connectivity index (χ1) is 6.66. The first-order valence-corrected chi connectivity index (χ1v) is 4.38. The molecular formula is C8H11N5S. The summed E-state index contributed by atoms with van der Waals surface area (Å²) in [7, 11) is 1.84. The number of hydrogen-bond donors (Lipinski definition) is 2. The Balaban J connectivity index is 3.00. The van der Waals surface area contributed by atoms with Crippen LogP contribution in [-0.4, -0.2) is 27.3 Å². The molecule has 0 fully saturated rings. The maximum absolute atomic E-state index is 6.70. The lowest BCUT2D eigenvalue weighted by Crippen LogP contribution is -1.95. The van der Waals surface area contributed by atoms with Crippen LogP contribution in [0, 0.1) is 10.2 Å². The summed E-state index contributed by atoms with van der Waals surface area (Å²) in [6, 6.07) is 0. The number of hydrogen-bond acceptors (Lipinski definition) is 3. The normalized spacial score (nSPS) is 12.3. The highest BCUT2D eigenvalue weighted by Gasteiger charge is 2.02. The second-order valence-corrected chi connectivity index (χ2v) is 3.08. The van der Waals surface area contributed by atoms with Gasteiger partial charge in [-0.2, -0.15) is 5.10 Å². The molecule has 0 unspecified atom stereocenters. The van der Waals surface area contributed by atoms with E-state index in [-0.39, 0.29) is 0 Å². The molecule has 0 aromatic carbocycles. The highest BCUT2D eigenvalue weighted by atomic mass is 32.1. The van der Waals surface area contributed by atoms with Gasteiger partial charge in [-0.3, -0.25) is 10.5 Å². The summed E-state index contributed by atoms with van der Waals surface area (Å²) >= 11 is 4.98. The number of aromatic amines is 1. The summed E-state index contributed by atoms with van der Waals surface area (Å²) in [5.41, 5.74) is 0.936. The van der Waals surface area contributed by atoms with Gasteiger partial charge in [-0.15, -0.1) is 0 Å². The zero-order valence-electron chi connectivity index (χ0n) is 7.98. The second-order valence-electron chi connectivity index (χ2n) is 2.69. The molecule has 2 N–H and O–H groups in total. The number of rotatable bonds is 3. The first-order valence-electron chi connectivity index (χ1n) is 3.97. The molecule has 6 heteroatoms. The molecule has 74 valence electrons. The maximum Gasteiger partial charge on any atom is 0.195 e. The van der Waals surface area contributed by atoms with Gasteiger partial charge in [-0.05, 0) is 30.8 Å². The van der Waals surface area contributed by atoms with E-state index < -0.39 is 0 Å². The molecule has 1 aromatic heterocycles. The summed E-state index contributed by atoms with van der Waals surface area (Å²) < 4.78 is 2.36. The van der Waals surface area contributed by atoms with Gasteiger partial charge >= 0.3 is 0 Å². The Morgan fingerprint density at radius 3 is 2.93 bits per heavy atom. The van der Waals surface area contributed by atoms with E-state index >= 15 is 0 Å². The average Bonchev–Trinajstić information content (AvgIpc) is 2.48. The van der Waals surface area contributed by atoms with E-state index in [1.807, 2.05) is 14.0 Å². The molecule has 0 aliphatic carbocycles. The van der Waals surface area contributed by atoms with Gasteiger partial charge in [0, 0.05) is 13.3 Å². The van der Waals surface area contributed by atoms with Gasteiger partial charge in [-0.25, -0.2) is 4.99 Å². The van der Waals surface area contributed by atoms with Gasteiger partial charge in [-0.1, -0.05) is 0 Å². The Bertz CT molecular complexity index is 437. The number of nitrogens with zero attached hydrogens (tertiary/aromatic N) is 3. The molecular weight excluding hydrogens is 198 g/mol. The third-order valence-electron chi connectivity index (χ3n) is 1.72. The third kappa shape index (κ3) is 2.23. The minimum absolute atomic E-state index is 0.580. The zero-order chi connectivity index (χ0) is 10.6. The monoisotopic (exact) mass is 209 g/mol. The van der Waals surface area contributed by atoms with Crippen molar-refractivity contribution in [3.8, 4) is 0 Å². The summed E-state index contributed by atoms with van der Waals surface area (Å²) in [4.78, 5) is 3.64. The Morgan fingerprint density at radius 2 is 2.43 bits per heavy atom. The molecule has 1 aromatic rings. The van der Waals surface area contributed by atoms with Crippen LogP contribution in [0.2, 0.25) is 0 Å². The Hall–Kier alpha value is -1.56. The van der Waals surface area contributed by atoms with E-state index in [4.69, 9.17) is 17.6 Å². The number of aromatic nitrogens is 3. The van der Waals surface area contributed by atoms with Crippen LogP contribution in [0.4, 0.5) is 0 Å². The lowest BCUT2D eigenvalue weighted by atomic mass is 10.3. The second kappa shape index (κ2) is 4.61. The van der Waals surface area contributed by atoms with Crippen LogP contribution < -0.4 is 0 Å². The molecule has 0 spiro atoms. The Kier molecular flexibility index (Phi) is 3.47. The van der Waals surface area contributed by atoms with Crippen molar-refractivity contribution >= 4 is 30.3 Å². The predicted octanol–water partition coefficient (Wildman–Crippen LogP) is 1.56. The number of nitrogens with one attached hydrogen (secondary N) is 2. The average molecular weight is 209 g/mol. The van der Waals surface area contributed by atoms with Gasteiger partial charge in [0.05, 0.1) is 0 Å². The molecule has 0 radical (unpaired) electrons. The fourth-order valence-corrected chi connectivity index (χ4v) is 1.10. The maximum atomic E-state index is 6.70. The molecule has 0 amide bonds. The van der Waals surface area contributed by atoms with Gasteiger partial charge in [0.25, 0.3) is 0 Å². The van der Waals surface area contributed by atoms with Crippen LogP contribution in [0.5, 0.6) is 0 Å². The lowest BCUT2D eigenvalue weighted by Gasteiger charge is -1.97. The van der Waals surface area contributed by atoms with Crippen molar-refractivity contribution in [2.75, 3.05) is 0 Å². The molecule has 14 heavy (non-hydrogen) atoms. The van der Waals surface area contributed by atoms with Gasteiger partial charge in [0.1, 0.15) is 6.34 Å². The fourth-order valence-electron chi connectivity index (χ4n) is 0.972. The number of allylic oxidation sites excluding steroid dienone is 2. The van der Waals surface area contributed by atoms with Gasteiger partial charge < -0.3 is 4.57 Å². The van der Waals surface area contributed by atoms with Crippen LogP contribution in [0.3, 0.4) is 0 Å². The summed E-state index contributed by atoms with van der Waals surface area (Å²) in [6.45, 7) is 1.90. The van der Waals surface area contributed by atoms with Crippen molar-refractivity contribution < 1.29 is 0 Å². The van der Waals surface area contributed by atoms with Crippen molar-refractivity contribution in [2.24, 2.45) is 12.0 Å². The SMILES string of the molecule is C/C(=C\C=NC=N)c1n[nH]c(=S)n1C. The topological polar surface area (TPSA) is 69.8 Å². The van der Waals surface area contributed by atoms with Crippen LogP contribution in [0.25, 0.3) is 5.57 Å². The zero-order valence-corrected chi connectivity index (χ0v) is 8.80. The largest absolute Gasteiger partial charge is 0.304 e. The number of H-pyrrole nitrogens is 1. The van der Waals surface area contributed by atoms with Crippen LogP contribution in [-0.2, 0) is 7.05 Å². The van der Waals surface area contributed by atoms with E-state index in [1.165, 1.54) is 0 Å². The molecule has 5 nitrogen and oxygen atoms in total. The summed E-state index contributed by atoms with van der Waals surface area (Å²) in [5.74, 6) is 0.770. The molecule has 0 aliphatic heterocycles. The van der Waals surface area contributed by atoms with E-state index in [1.54, 1.807) is 16.9 Å². The smallest absolute Gasteiger partial charge is 0.195 e. The van der Waals surface area contributed by atoms with Crippen LogP contribution in [0.15, 0.2) is 11.1 Å². The quantitative estimate of drug-likeness (QED) is 0.450. The molecule has 0 bridgehead atoms. The Morgan fingerprint density at radius 1 is 1.71 bits per heavy atom. The highest BCUT2D eigenvalue weighted by Crippen LogP contribution is 2.08. The standard InChI is InChI=1S/C8H11N5S/c1-6(3-4-10-5-9)7-11-12-8(14)13(7)2/h3-5,9H,1-2H3,(H,12,14)/b6-3+,9-5?,10-4?. The van der Waals surface area contributed by atoms with Crippen molar-refractivity contribution in [1.29, 1.82) is 5.41 Å². The minimum Gasteiger partial charge on any atom is -0.304 e. The van der Waals surface area contributed by atoms with Gasteiger partial charge in [0.15, 0.2) is 10.6 Å². The van der Waals surface area contributed by atoms with Crippen molar-refractivity contribution in [3.63, 3.8) is 0 Å². The Labute approximate surface area is 86.7 Å². The van der Waals surface area contributed by atoms with Crippen molar-refractivity contribution in [3.05, 3.63) is 16.7 Å². The predicted molar refractivity (Wildman–Crippen MR) is 59.3 cm³/mol. The first kappa shape index (κ1) is 10.5. The molecule has 1 rings (SSSR count). The third-order valence-corrected chi connectivity index (χ3v) is 2.08. The van der Waals surface area contributed by atoms with E-state index in [9.17, 15) is 0 Å². The fraction of sp³-hybridized carbons (Fsp3) is 0.250. The van der Waals surface area contributed by atoms with Crippen LogP contribution in [0.1, 0.15) is 12.7 Å². The number of aliphatic imine (C=N–C) groups is 1. The lowest BCUT2D eigenvalue weighted by molar-refractivity contribution is 0.874. The minimum atomic E-state index is 0.580. The molecule has 0 atom stereocenters. The van der Waals surface area contributed by atoms with Gasteiger partial charge in [0.2, 0.25) is 0 Å². The van der Waals surface area contributed by atoms with Crippen molar-refractivity contribution in [2.45, 2.75) is 6.92 Å². The molecule has 1 heterocycles. The molecule has 0 saturated heterocycles. The molecule has 0 saturated carbocycles. The highest BCUT2D eigenvalue weighted by molar-refractivity contribution is 7.71. The van der Waals surface area contributed by atoms with Crippen molar-refractivity contribution in [1.82, 2.24) is 14.8 Å². The van der Waals surface area contributed by atoms with E-state index in [0.29, 0.717) is 4.77 Å². The van der Waals surface area contributed by atoms with Crippen LogP contribution >= 0.6 is 12.2 Å². The molecule has 0 aliphatic rings. The van der Waals surface area contributed by atoms with E-state index in [2.05, 4.69) is 15.2 Å².